The van der Waals surface area contributed by atoms with Gasteiger partial charge in [-0.05, 0) is 53.6 Å². The van der Waals surface area contributed by atoms with Crippen LogP contribution < -0.4 is 5.32 Å². The van der Waals surface area contributed by atoms with Gasteiger partial charge in [0.2, 0.25) is 5.91 Å². The number of hydrogen-bond donors (Lipinski definition) is 2. The lowest BCUT2D eigenvalue weighted by Gasteiger charge is -2.28. The van der Waals surface area contributed by atoms with Gasteiger partial charge in [-0.2, -0.15) is 16.6 Å². The molecule has 2 atom stereocenters. The lowest BCUT2D eigenvalue weighted by Crippen LogP contribution is -2.50. The molecule has 0 radical (unpaired) electrons. The number of carbonyl (C=O) groups is 1. The Hall–Kier alpha value is -2.20. The molecule has 1 heterocycles. The molecular weight excluding hydrogens is 358 g/mol. The maximum absolute atomic E-state index is 12.6. The number of aliphatic hydroxyl groups is 1. The molecule has 2 N–H and O–H groups in total. The minimum atomic E-state index is -0.804. The first-order valence-electron chi connectivity index (χ1n) is 9.19. The molecule has 0 saturated heterocycles. The van der Waals surface area contributed by atoms with Crippen LogP contribution in [0.2, 0.25) is 0 Å². The average molecular weight is 384 g/mol. The molecule has 0 unspecified atom stereocenters. The zero-order valence-electron chi connectivity index (χ0n) is 15.5. The highest BCUT2D eigenvalue weighted by atomic mass is 32.1. The van der Waals surface area contributed by atoms with E-state index in [-0.39, 0.29) is 18.4 Å². The Morgan fingerprint density at radius 3 is 2.74 bits per heavy atom. The molecule has 1 saturated carbocycles. The van der Waals surface area contributed by atoms with Crippen LogP contribution in [0.15, 0.2) is 47.2 Å². The van der Waals surface area contributed by atoms with Gasteiger partial charge in [0.05, 0.1) is 18.7 Å². The molecule has 142 valence electrons. The molecule has 5 nitrogen and oxygen atoms in total. The van der Waals surface area contributed by atoms with Crippen LogP contribution in [0, 0.1) is 17.2 Å². The summed E-state index contributed by atoms with van der Waals surface area (Å²) < 4.78 is 0. The maximum atomic E-state index is 12.6. The van der Waals surface area contributed by atoms with Crippen molar-refractivity contribution in [1.29, 1.82) is 5.26 Å². The highest BCUT2D eigenvalue weighted by Crippen LogP contribution is 2.39. The van der Waals surface area contributed by atoms with E-state index in [9.17, 15) is 15.2 Å². The summed E-state index contributed by atoms with van der Waals surface area (Å²) in [5.74, 6) is 0.0600. The largest absolute Gasteiger partial charge is 0.387 e. The Morgan fingerprint density at radius 1 is 1.41 bits per heavy atom. The molecule has 1 aliphatic carbocycles. The van der Waals surface area contributed by atoms with E-state index in [1.807, 2.05) is 52.1 Å². The summed E-state index contributed by atoms with van der Waals surface area (Å²) in [5, 5.41) is 26.8. The molecule has 2 aromatic rings. The van der Waals surface area contributed by atoms with E-state index >= 15 is 0 Å². The Morgan fingerprint density at radius 2 is 2.15 bits per heavy atom. The van der Waals surface area contributed by atoms with Crippen LogP contribution in [0.5, 0.6) is 0 Å². The molecule has 1 amide bonds. The second-order valence-electron chi connectivity index (χ2n) is 7.36. The minimum Gasteiger partial charge on any atom is -0.387 e. The van der Waals surface area contributed by atoms with Crippen molar-refractivity contribution in [2.45, 2.75) is 38.0 Å². The molecule has 0 aliphatic heterocycles. The van der Waals surface area contributed by atoms with Crippen LogP contribution in [0.3, 0.4) is 0 Å². The summed E-state index contributed by atoms with van der Waals surface area (Å²) in [6.07, 6.45) is 1.31. The van der Waals surface area contributed by atoms with Crippen molar-refractivity contribution in [3.8, 4) is 6.07 Å². The molecule has 6 heteroatoms. The lowest BCUT2D eigenvalue weighted by atomic mass is 9.98. The number of amides is 1. The molecular formula is C21H25N3O2S. The molecule has 1 aromatic carbocycles. The number of benzene rings is 1. The molecule has 27 heavy (non-hydrogen) atoms. The fraction of sp³-hybridized carbons (Fsp3) is 0.429. The van der Waals surface area contributed by atoms with Gasteiger partial charge in [-0.3, -0.25) is 9.69 Å². The van der Waals surface area contributed by atoms with E-state index in [2.05, 4.69) is 11.4 Å². The van der Waals surface area contributed by atoms with Gasteiger partial charge < -0.3 is 10.4 Å². The number of aliphatic hydroxyl groups excluding tert-OH is 1. The molecule has 3 rings (SSSR count). The summed E-state index contributed by atoms with van der Waals surface area (Å²) in [7, 11) is 0. The number of thiophene rings is 1. The predicted octanol–water partition coefficient (Wildman–Crippen LogP) is 3.09. The zero-order chi connectivity index (χ0) is 19.3. The van der Waals surface area contributed by atoms with Crippen molar-refractivity contribution in [2.75, 3.05) is 13.1 Å². The van der Waals surface area contributed by atoms with Gasteiger partial charge in [0.15, 0.2) is 0 Å². The topological polar surface area (TPSA) is 76.4 Å². The van der Waals surface area contributed by atoms with E-state index in [1.165, 1.54) is 0 Å². The normalized spacial score (nSPS) is 17.1. The average Bonchev–Trinajstić information content (AvgIpc) is 3.37. The number of nitrogens with zero attached hydrogens (tertiary/aromatic N) is 2. The summed E-state index contributed by atoms with van der Waals surface area (Å²) in [6.45, 7) is 2.85. The van der Waals surface area contributed by atoms with Crippen LogP contribution in [0.4, 0.5) is 0 Å². The third-order valence-electron chi connectivity index (χ3n) is 5.00. The van der Waals surface area contributed by atoms with Crippen LogP contribution in [0.1, 0.15) is 37.0 Å². The second-order valence-corrected chi connectivity index (χ2v) is 8.14. The number of rotatable bonds is 9. The van der Waals surface area contributed by atoms with Crippen molar-refractivity contribution in [3.05, 3.63) is 58.3 Å². The zero-order valence-corrected chi connectivity index (χ0v) is 16.3. The van der Waals surface area contributed by atoms with Crippen molar-refractivity contribution in [3.63, 3.8) is 0 Å². The van der Waals surface area contributed by atoms with Crippen molar-refractivity contribution in [1.82, 2.24) is 10.2 Å². The summed E-state index contributed by atoms with van der Waals surface area (Å²) in [5.41, 5.74) is 1.13. The smallest absolute Gasteiger partial charge is 0.235 e. The summed E-state index contributed by atoms with van der Waals surface area (Å²) in [4.78, 5) is 14.6. The third-order valence-corrected chi connectivity index (χ3v) is 5.70. The van der Waals surface area contributed by atoms with E-state index in [4.69, 9.17) is 0 Å². The van der Waals surface area contributed by atoms with E-state index in [0.29, 0.717) is 13.1 Å². The molecule has 0 spiro atoms. The quantitative estimate of drug-likeness (QED) is 0.698. The molecule has 1 aliphatic rings. The van der Waals surface area contributed by atoms with E-state index in [0.717, 1.165) is 24.0 Å². The first-order chi connectivity index (χ1) is 13.0. The Balaban J connectivity index is 1.67. The van der Waals surface area contributed by atoms with Crippen LogP contribution >= 0.6 is 11.3 Å². The number of hydrogen-bond acceptors (Lipinski definition) is 5. The first kappa shape index (κ1) is 19.6. The highest BCUT2D eigenvalue weighted by molar-refractivity contribution is 7.07. The molecule has 0 bridgehead atoms. The van der Waals surface area contributed by atoms with Gasteiger partial charge in [-0.1, -0.05) is 30.3 Å². The SMILES string of the molecule is C[C@](C#N)(NC(=O)CN(Cc1ccccc1)C[C@@H](O)c1ccsc1)C1CC1. The van der Waals surface area contributed by atoms with Crippen LogP contribution in [-0.2, 0) is 11.3 Å². The number of nitriles is 1. The van der Waals surface area contributed by atoms with Gasteiger partial charge in [0.1, 0.15) is 5.54 Å². The van der Waals surface area contributed by atoms with E-state index in [1.54, 1.807) is 18.3 Å². The highest BCUT2D eigenvalue weighted by Gasteiger charge is 2.43. The van der Waals surface area contributed by atoms with Gasteiger partial charge in [-0.25, -0.2) is 0 Å². The van der Waals surface area contributed by atoms with Crippen molar-refractivity contribution < 1.29 is 9.90 Å². The van der Waals surface area contributed by atoms with E-state index < -0.39 is 11.6 Å². The second kappa shape index (κ2) is 8.66. The summed E-state index contributed by atoms with van der Waals surface area (Å²) >= 11 is 1.54. The van der Waals surface area contributed by atoms with Gasteiger partial charge >= 0.3 is 0 Å². The van der Waals surface area contributed by atoms with Crippen molar-refractivity contribution in [2.24, 2.45) is 5.92 Å². The maximum Gasteiger partial charge on any atom is 0.235 e. The van der Waals surface area contributed by atoms with Gasteiger partial charge in [0, 0.05) is 13.1 Å². The standard InChI is InChI=1S/C21H25N3O2S/c1-21(15-22,18-7-8-18)23-20(26)13-24(11-16-5-3-2-4-6-16)12-19(25)17-9-10-27-14-17/h2-6,9-10,14,18-19,25H,7-8,11-13H2,1H3,(H,23,26)/t19-,21-/m1/s1. The fourth-order valence-electron chi connectivity index (χ4n) is 3.26. The van der Waals surface area contributed by atoms with Crippen LogP contribution in [0.25, 0.3) is 0 Å². The van der Waals surface area contributed by atoms with Gasteiger partial charge in [0.25, 0.3) is 0 Å². The number of carbonyl (C=O) groups excluding carboxylic acids is 1. The van der Waals surface area contributed by atoms with Crippen molar-refractivity contribution >= 4 is 17.2 Å². The number of nitrogens with one attached hydrogen (secondary N) is 1. The molecule has 1 fully saturated rings. The monoisotopic (exact) mass is 383 g/mol. The van der Waals surface area contributed by atoms with Gasteiger partial charge in [-0.15, -0.1) is 0 Å². The fourth-order valence-corrected chi connectivity index (χ4v) is 3.96. The third kappa shape index (κ3) is 5.39. The Kier molecular flexibility index (Phi) is 6.27. The Bertz CT molecular complexity index is 784. The lowest BCUT2D eigenvalue weighted by molar-refractivity contribution is -0.124. The summed E-state index contributed by atoms with van der Waals surface area (Å²) in [6, 6.07) is 14.0. The predicted molar refractivity (Wildman–Crippen MR) is 106 cm³/mol. The first-order valence-corrected chi connectivity index (χ1v) is 10.1. The molecule has 1 aromatic heterocycles. The van der Waals surface area contributed by atoms with Crippen LogP contribution in [-0.4, -0.2) is 34.5 Å². The Labute approximate surface area is 164 Å². The minimum absolute atomic E-state index is 0.139.